The van der Waals surface area contributed by atoms with Gasteiger partial charge in [0.15, 0.2) is 0 Å². The molecule has 0 aliphatic carbocycles. The van der Waals surface area contributed by atoms with Gasteiger partial charge in [0.05, 0.1) is 0 Å². The van der Waals surface area contributed by atoms with Crippen molar-refractivity contribution in [2.75, 3.05) is 19.6 Å². The Labute approximate surface area is 102 Å². The number of nitrogens with zero attached hydrogens (tertiary/aromatic N) is 2. The zero-order valence-electron chi connectivity index (χ0n) is 9.83. The molecule has 1 fully saturated rings. The number of pyridine rings is 1. The van der Waals surface area contributed by atoms with Gasteiger partial charge < -0.3 is 5.32 Å². The standard InChI is InChI=1S/C12H18ClN3/c1-12(2)9-14-5-6-16(12)8-10-3-4-11(13)15-7-10/h3-4,7,14H,5-6,8-9H2,1-2H3. The molecule has 0 unspecified atom stereocenters. The SMILES string of the molecule is CC1(C)CNCCN1Cc1ccc(Cl)nc1. The fraction of sp³-hybridized carbons (Fsp3) is 0.583. The minimum atomic E-state index is 0.206. The fourth-order valence-corrected chi connectivity index (χ4v) is 2.15. The van der Waals surface area contributed by atoms with E-state index in [0.717, 1.165) is 26.2 Å². The van der Waals surface area contributed by atoms with Gasteiger partial charge in [-0.05, 0) is 25.5 Å². The zero-order valence-corrected chi connectivity index (χ0v) is 10.6. The molecule has 0 aromatic carbocycles. The lowest BCUT2D eigenvalue weighted by atomic mass is 9.99. The highest BCUT2D eigenvalue weighted by Crippen LogP contribution is 2.19. The highest BCUT2D eigenvalue weighted by Gasteiger charge is 2.29. The number of rotatable bonds is 2. The van der Waals surface area contributed by atoms with Crippen LogP contribution in [0.2, 0.25) is 5.15 Å². The first kappa shape index (κ1) is 11.8. The molecule has 1 aromatic heterocycles. The van der Waals surface area contributed by atoms with E-state index >= 15 is 0 Å². The molecule has 1 saturated heterocycles. The largest absolute Gasteiger partial charge is 0.314 e. The molecule has 1 aliphatic heterocycles. The van der Waals surface area contributed by atoms with E-state index in [9.17, 15) is 0 Å². The smallest absolute Gasteiger partial charge is 0.129 e. The van der Waals surface area contributed by atoms with Crippen LogP contribution in [0.5, 0.6) is 0 Å². The van der Waals surface area contributed by atoms with Crippen LogP contribution in [0, 0.1) is 0 Å². The van der Waals surface area contributed by atoms with Crippen molar-refractivity contribution >= 4 is 11.6 Å². The summed E-state index contributed by atoms with van der Waals surface area (Å²) in [5.74, 6) is 0. The van der Waals surface area contributed by atoms with Crippen molar-refractivity contribution in [1.82, 2.24) is 15.2 Å². The topological polar surface area (TPSA) is 28.2 Å². The van der Waals surface area contributed by atoms with Crippen molar-refractivity contribution in [2.45, 2.75) is 25.9 Å². The van der Waals surface area contributed by atoms with Gasteiger partial charge in [-0.15, -0.1) is 0 Å². The maximum Gasteiger partial charge on any atom is 0.129 e. The van der Waals surface area contributed by atoms with Crippen LogP contribution in [0.15, 0.2) is 18.3 Å². The van der Waals surface area contributed by atoms with Crippen LogP contribution >= 0.6 is 11.6 Å². The van der Waals surface area contributed by atoms with Crippen molar-refractivity contribution < 1.29 is 0 Å². The summed E-state index contributed by atoms with van der Waals surface area (Å²) in [4.78, 5) is 6.60. The van der Waals surface area contributed by atoms with Crippen molar-refractivity contribution in [3.63, 3.8) is 0 Å². The van der Waals surface area contributed by atoms with Gasteiger partial charge in [-0.1, -0.05) is 17.7 Å². The molecule has 16 heavy (non-hydrogen) atoms. The summed E-state index contributed by atoms with van der Waals surface area (Å²) in [5.41, 5.74) is 1.43. The third-order valence-electron chi connectivity index (χ3n) is 3.13. The lowest BCUT2D eigenvalue weighted by molar-refractivity contribution is 0.0826. The minimum absolute atomic E-state index is 0.206. The molecule has 0 spiro atoms. The molecule has 1 aromatic rings. The molecule has 4 heteroatoms. The first-order valence-electron chi connectivity index (χ1n) is 5.64. The zero-order chi connectivity index (χ0) is 11.6. The lowest BCUT2D eigenvalue weighted by Crippen LogP contribution is -2.57. The summed E-state index contributed by atoms with van der Waals surface area (Å²) >= 11 is 5.78. The van der Waals surface area contributed by atoms with Gasteiger partial charge in [0.2, 0.25) is 0 Å². The van der Waals surface area contributed by atoms with Gasteiger partial charge in [-0.25, -0.2) is 4.98 Å². The van der Waals surface area contributed by atoms with Crippen LogP contribution in [-0.4, -0.2) is 35.1 Å². The predicted octanol–water partition coefficient (Wildman–Crippen LogP) is 1.92. The normalized spacial score (nSPS) is 20.9. The van der Waals surface area contributed by atoms with E-state index in [0.29, 0.717) is 5.15 Å². The van der Waals surface area contributed by atoms with E-state index < -0.39 is 0 Å². The minimum Gasteiger partial charge on any atom is -0.314 e. The van der Waals surface area contributed by atoms with Crippen molar-refractivity contribution in [1.29, 1.82) is 0 Å². The highest BCUT2D eigenvalue weighted by atomic mass is 35.5. The third kappa shape index (κ3) is 2.73. The van der Waals surface area contributed by atoms with E-state index in [2.05, 4.69) is 29.0 Å². The van der Waals surface area contributed by atoms with Crippen LogP contribution in [0.25, 0.3) is 0 Å². The second kappa shape index (κ2) is 4.70. The molecular formula is C12H18ClN3. The summed E-state index contributed by atoms with van der Waals surface area (Å²) in [6.45, 7) is 8.65. The molecular weight excluding hydrogens is 222 g/mol. The molecule has 3 nitrogen and oxygen atoms in total. The number of nitrogens with one attached hydrogen (secondary N) is 1. The molecule has 88 valence electrons. The van der Waals surface area contributed by atoms with E-state index in [1.165, 1.54) is 5.56 Å². The van der Waals surface area contributed by atoms with Gasteiger partial charge >= 0.3 is 0 Å². The Morgan fingerprint density at radius 2 is 2.31 bits per heavy atom. The average Bonchev–Trinajstić information content (AvgIpc) is 2.24. The lowest BCUT2D eigenvalue weighted by Gasteiger charge is -2.42. The van der Waals surface area contributed by atoms with Crippen molar-refractivity contribution in [2.24, 2.45) is 0 Å². The van der Waals surface area contributed by atoms with E-state index in [-0.39, 0.29) is 5.54 Å². The Morgan fingerprint density at radius 1 is 1.50 bits per heavy atom. The molecule has 0 bridgehead atoms. The van der Waals surface area contributed by atoms with Crippen molar-refractivity contribution in [3.8, 4) is 0 Å². The van der Waals surface area contributed by atoms with Crippen LogP contribution in [0.3, 0.4) is 0 Å². The monoisotopic (exact) mass is 239 g/mol. The summed E-state index contributed by atoms with van der Waals surface area (Å²) in [6, 6.07) is 3.90. The predicted molar refractivity (Wildman–Crippen MR) is 66.6 cm³/mol. The second-order valence-electron chi connectivity index (χ2n) is 4.90. The van der Waals surface area contributed by atoms with Crippen molar-refractivity contribution in [3.05, 3.63) is 29.0 Å². The molecule has 0 amide bonds. The Morgan fingerprint density at radius 3 is 2.94 bits per heavy atom. The molecule has 0 atom stereocenters. The summed E-state index contributed by atoms with van der Waals surface area (Å²) in [6.07, 6.45) is 1.86. The number of halogens is 1. The molecule has 1 N–H and O–H groups in total. The van der Waals surface area contributed by atoms with Crippen LogP contribution in [0.4, 0.5) is 0 Å². The number of aromatic nitrogens is 1. The van der Waals surface area contributed by atoms with Gasteiger partial charge in [-0.3, -0.25) is 4.90 Å². The average molecular weight is 240 g/mol. The number of piperazine rings is 1. The van der Waals surface area contributed by atoms with E-state index in [1.54, 1.807) is 0 Å². The molecule has 0 radical (unpaired) electrons. The fourth-order valence-electron chi connectivity index (χ4n) is 2.04. The van der Waals surface area contributed by atoms with Crippen LogP contribution in [-0.2, 0) is 6.54 Å². The summed E-state index contributed by atoms with van der Waals surface area (Å²) in [7, 11) is 0. The number of hydrogen-bond donors (Lipinski definition) is 1. The number of hydrogen-bond acceptors (Lipinski definition) is 3. The van der Waals surface area contributed by atoms with E-state index in [4.69, 9.17) is 11.6 Å². The Hall–Kier alpha value is -0.640. The summed E-state index contributed by atoms with van der Waals surface area (Å²) < 4.78 is 0. The second-order valence-corrected chi connectivity index (χ2v) is 5.29. The van der Waals surface area contributed by atoms with E-state index in [1.807, 2.05) is 18.3 Å². The summed E-state index contributed by atoms with van der Waals surface area (Å²) in [5, 5.41) is 3.98. The van der Waals surface area contributed by atoms with Gasteiger partial charge in [0.1, 0.15) is 5.15 Å². The highest BCUT2D eigenvalue weighted by molar-refractivity contribution is 6.29. The quantitative estimate of drug-likeness (QED) is 0.800. The van der Waals surface area contributed by atoms with Gasteiger partial charge in [0.25, 0.3) is 0 Å². The molecule has 2 rings (SSSR count). The third-order valence-corrected chi connectivity index (χ3v) is 3.36. The Balaban J connectivity index is 2.05. The first-order chi connectivity index (χ1) is 7.58. The maximum absolute atomic E-state index is 5.78. The Kier molecular flexibility index (Phi) is 3.47. The molecule has 0 saturated carbocycles. The van der Waals surface area contributed by atoms with Gasteiger partial charge in [-0.2, -0.15) is 0 Å². The maximum atomic E-state index is 5.78. The van der Waals surface area contributed by atoms with Gasteiger partial charge in [0, 0.05) is 37.9 Å². The van der Waals surface area contributed by atoms with Crippen LogP contribution in [0.1, 0.15) is 19.4 Å². The van der Waals surface area contributed by atoms with Crippen LogP contribution < -0.4 is 5.32 Å². The molecule has 1 aliphatic rings. The molecule has 2 heterocycles. The Bertz CT molecular complexity index is 348. The first-order valence-corrected chi connectivity index (χ1v) is 6.02.